The van der Waals surface area contributed by atoms with E-state index in [4.69, 9.17) is 4.74 Å². The van der Waals surface area contributed by atoms with Crippen LogP contribution in [0.2, 0.25) is 0 Å². The monoisotopic (exact) mass is 425 g/mol. The minimum Gasteiger partial charge on any atom is -0.427 e. The third kappa shape index (κ3) is 4.48. The third-order valence-corrected chi connectivity index (χ3v) is 3.94. The molecule has 0 fully saturated rings. The van der Waals surface area contributed by atoms with Crippen LogP contribution in [0.5, 0.6) is 5.75 Å². The number of hydrogen-bond donors (Lipinski definition) is 0. The molecule has 0 aliphatic heterocycles. The van der Waals surface area contributed by atoms with Gasteiger partial charge in [-0.1, -0.05) is 6.92 Å². The summed E-state index contributed by atoms with van der Waals surface area (Å²) >= 11 is 6.41. The van der Waals surface area contributed by atoms with Crippen LogP contribution in [0.4, 0.5) is 5.69 Å². The zero-order valence-corrected chi connectivity index (χ0v) is 15.0. The van der Waals surface area contributed by atoms with Crippen LogP contribution in [-0.4, -0.2) is 17.5 Å². The maximum atomic E-state index is 11.6. The second kappa shape index (κ2) is 7.65. The van der Waals surface area contributed by atoms with Crippen molar-refractivity contribution in [2.75, 3.05) is 0 Å². The fraction of sp³-hybridized carbons (Fsp3) is 0.188. The second-order valence-electron chi connectivity index (χ2n) is 4.57. The summed E-state index contributed by atoms with van der Waals surface area (Å²) in [7, 11) is 0. The lowest BCUT2D eigenvalue weighted by Crippen LogP contribution is -2.07. The predicted octanol–water partition coefficient (Wildman–Crippen LogP) is 4.60. The quantitative estimate of drug-likeness (QED) is 0.401. The molecule has 1 aromatic rings. The Morgan fingerprint density at radius 1 is 1.14 bits per heavy atom. The molecule has 0 saturated heterocycles. The van der Waals surface area contributed by atoms with E-state index in [0.717, 1.165) is 6.42 Å². The van der Waals surface area contributed by atoms with E-state index < -0.39 is 0 Å². The van der Waals surface area contributed by atoms with E-state index in [2.05, 4.69) is 36.9 Å². The molecule has 2 rings (SSSR count). The number of Topliss-reactive ketones (excluding diaryl/α,β-unsaturated/α-hetero) is 1. The van der Waals surface area contributed by atoms with Crippen molar-refractivity contribution in [3.05, 3.63) is 45.4 Å². The number of aliphatic imine (C=N–C) groups is 1. The largest absolute Gasteiger partial charge is 0.427 e. The number of allylic oxidation sites excluding steroid dienone is 4. The van der Waals surface area contributed by atoms with Crippen molar-refractivity contribution in [1.29, 1.82) is 0 Å². The van der Waals surface area contributed by atoms with E-state index >= 15 is 0 Å². The third-order valence-electron chi connectivity index (χ3n) is 2.76. The molecule has 22 heavy (non-hydrogen) atoms. The van der Waals surface area contributed by atoms with Crippen LogP contribution in [0.15, 0.2) is 50.4 Å². The van der Waals surface area contributed by atoms with Crippen molar-refractivity contribution >= 4 is 55.0 Å². The van der Waals surface area contributed by atoms with E-state index in [-0.39, 0.29) is 11.8 Å². The smallest absolute Gasteiger partial charge is 0.311 e. The van der Waals surface area contributed by atoms with Gasteiger partial charge in [0, 0.05) is 6.42 Å². The predicted molar refractivity (Wildman–Crippen MR) is 93.1 cm³/mol. The van der Waals surface area contributed by atoms with Gasteiger partial charge in [-0.3, -0.25) is 9.59 Å². The standard InChI is InChI=1S/C16H13Br2NO3/c1-2-3-15(20)22-12-6-4-10(5-7-12)19-11-8-13(17)16(21)14(18)9-11/h4-9H,2-3H2,1H3. The van der Waals surface area contributed by atoms with E-state index in [1.165, 1.54) is 0 Å². The number of rotatable bonds is 4. The Labute approximate surface area is 145 Å². The Morgan fingerprint density at radius 2 is 1.73 bits per heavy atom. The number of halogens is 2. The topological polar surface area (TPSA) is 55.7 Å². The van der Waals surface area contributed by atoms with Gasteiger partial charge in [0.15, 0.2) is 0 Å². The molecule has 0 spiro atoms. The summed E-state index contributed by atoms with van der Waals surface area (Å²) in [5.74, 6) is 0.137. The number of carbonyl (C=O) groups is 2. The van der Waals surface area contributed by atoms with Gasteiger partial charge in [0.1, 0.15) is 5.75 Å². The Balaban J connectivity index is 2.13. The van der Waals surface area contributed by atoms with Crippen molar-refractivity contribution < 1.29 is 14.3 Å². The highest BCUT2D eigenvalue weighted by atomic mass is 79.9. The van der Waals surface area contributed by atoms with Crippen molar-refractivity contribution in [2.24, 2.45) is 4.99 Å². The number of hydrogen-bond acceptors (Lipinski definition) is 4. The van der Waals surface area contributed by atoms with Crippen LogP contribution in [0.25, 0.3) is 0 Å². The summed E-state index contributed by atoms with van der Waals surface area (Å²) in [6.07, 6.45) is 4.46. The zero-order chi connectivity index (χ0) is 16.1. The number of benzene rings is 1. The maximum absolute atomic E-state index is 11.6. The molecule has 0 saturated carbocycles. The van der Waals surface area contributed by atoms with Crippen molar-refractivity contribution in [3.8, 4) is 5.75 Å². The lowest BCUT2D eigenvalue weighted by atomic mass is 10.1. The molecule has 0 radical (unpaired) electrons. The molecule has 1 aliphatic rings. The highest BCUT2D eigenvalue weighted by Gasteiger charge is 2.16. The summed E-state index contributed by atoms with van der Waals surface area (Å²) in [4.78, 5) is 27.4. The van der Waals surface area contributed by atoms with E-state index in [1.54, 1.807) is 36.4 Å². The van der Waals surface area contributed by atoms with E-state index in [1.807, 2.05) is 6.92 Å². The maximum Gasteiger partial charge on any atom is 0.311 e. The molecule has 0 aromatic heterocycles. The lowest BCUT2D eigenvalue weighted by molar-refractivity contribution is -0.134. The van der Waals surface area contributed by atoms with Gasteiger partial charge in [-0.25, -0.2) is 4.99 Å². The first-order chi connectivity index (χ1) is 10.5. The Hall–Kier alpha value is -1.53. The minimum atomic E-state index is -0.244. The van der Waals surface area contributed by atoms with Gasteiger partial charge in [-0.05, 0) is 74.7 Å². The number of esters is 1. The summed E-state index contributed by atoms with van der Waals surface area (Å²) in [5, 5.41) is 0. The fourth-order valence-electron chi connectivity index (χ4n) is 1.74. The molecule has 0 bridgehead atoms. The average Bonchev–Trinajstić information content (AvgIpc) is 2.47. The Morgan fingerprint density at radius 3 is 2.27 bits per heavy atom. The molecule has 6 heteroatoms. The Kier molecular flexibility index (Phi) is 5.85. The lowest BCUT2D eigenvalue weighted by Gasteiger charge is -2.07. The normalized spacial score (nSPS) is 14.3. The van der Waals surface area contributed by atoms with Crippen molar-refractivity contribution in [1.82, 2.24) is 0 Å². The summed E-state index contributed by atoms with van der Waals surface area (Å²) in [6, 6.07) is 6.89. The average molecular weight is 427 g/mol. The molecule has 1 aliphatic carbocycles. The number of nitrogens with zero attached hydrogens (tertiary/aromatic N) is 1. The first kappa shape index (κ1) is 16.8. The molecule has 0 unspecified atom stereocenters. The van der Waals surface area contributed by atoms with Gasteiger partial charge >= 0.3 is 5.97 Å². The van der Waals surface area contributed by atoms with Gasteiger partial charge < -0.3 is 4.74 Å². The minimum absolute atomic E-state index is 0.114. The van der Waals surface area contributed by atoms with Crippen LogP contribution in [0.1, 0.15) is 19.8 Å². The molecule has 0 atom stereocenters. The first-order valence-electron chi connectivity index (χ1n) is 6.68. The van der Waals surface area contributed by atoms with E-state index in [0.29, 0.717) is 32.5 Å². The molecule has 1 aromatic carbocycles. The molecule has 0 N–H and O–H groups in total. The summed E-state index contributed by atoms with van der Waals surface area (Å²) in [5.41, 5.74) is 1.35. The number of ether oxygens (including phenoxy) is 1. The molecule has 0 amide bonds. The van der Waals surface area contributed by atoms with Gasteiger partial charge in [0.05, 0.1) is 20.4 Å². The summed E-state index contributed by atoms with van der Waals surface area (Å²) in [6.45, 7) is 1.92. The molecule has 114 valence electrons. The fourth-order valence-corrected chi connectivity index (χ4v) is 2.90. The molecular weight excluding hydrogens is 414 g/mol. The van der Waals surface area contributed by atoms with Crippen LogP contribution < -0.4 is 4.74 Å². The van der Waals surface area contributed by atoms with Crippen LogP contribution >= 0.6 is 31.9 Å². The molecule has 0 heterocycles. The van der Waals surface area contributed by atoms with E-state index in [9.17, 15) is 9.59 Å². The van der Waals surface area contributed by atoms with Crippen LogP contribution in [0.3, 0.4) is 0 Å². The number of ketones is 1. The number of carbonyl (C=O) groups excluding carboxylic acids is 2. The van der Waals surface area contributed by atoms with Gasteiger partial charge in [0.25, 0.3) is 0 Å². The molecule has 4 nitrogen and oxygen atoms in total. The second-order valence-corrected chi connectivity index (χ2v) is 6.28. The van der Waals surface area contributed by atoms with Crippen molar-refractivity contribution in [2.45, 2.75) is 19.8 Å². The highest BCUT2D eigenvalue weighted by molar-refractivity contribution is 9.13. The van der Waals surface area contributed by atoms with Gasteiger partial charge in [0.2, 0.25) is 5.78 Å². The van der Waals surface area contributed by atoms with Gasteiger partial charge in [-0.2, -0.15) is 0 Å². The molecular formula is C16H13Br2NO3. The first-order valence-corrected chi connectivity index (χ1v) is 8.26. The SMILES string of the molecule is CCCC(=O)Oc1ccc(N=C2C=C(Br)C(=O)C(Br)=C2)cc1. The zero-order valence-electron chi connectivity index (χ0n) is 11.8. The highest BCUT2D eigenvalue weighted by Crippen LogP contribution is 2.25. The van der Waals surface area contributed by atoms with Crippen LogP contribution in [0, 0.1) is 0 Å². The Bertz CT molecular complexity index is 664. The van der Waals surface area contributed by atoms with Crippen molar-refractivity contribution in [3.63, 3.8) is 0 Å². The van der Waals surface area contributed by atoms with Gasteiger partial charge in [-0.15, -0.1) is 0 Å². The summed E-state index contributed by atoms with van der Waals surface area (Å²) < 4.78 is 6.08. The van der Waals surface area contributed by atoms with Crippen LogP contribution in [-0.2, 0) is 9.59 Å².